The van der Waals surface area contributed by atoms with Crippen LogP contribution in [0.5, 0.6) is 0 Å². The molecule has 0 aromatic heterocycles. The van der Waals surface area contributed by atoms with E-state index in [0.717, 1.165) is 33.4 Å². The molecule has 10 heteroatoms. The first-order valence-corrected chi connectivity index (χ1v) is 15.5. The topological polar surface area (TPSA) is 127 Å². The third kappa shape index (κ3) is 13.4. The van der Waals surface area contributed by atoms with E-state index in [1.807, 2.05) is 82.3 Å². The summed E-state index contributed by atoms with van der Waals surface area (Å²) in [6.45, 7) is 15.4. The number of hydrogen-bond donors (Lipinski definition) is 3. The standard InChI is InChI=1S/C38H44N4O6/c1-25(2)18-20-46-36(43)39-33-16-11-30(12-17-33)23-32-13-8-31(24-35(32)41-37(44)47-21-19-26(3)4)22-29-9-14-34(15-10-29)40-38(45)48-42-28(7)27(5)6/h8-19,24H,5,20-23H2,1-4,6-7H3,(H,39,43)(H,40,45)(H,41,44)/b42-28-. The van der Waals surface area contributed by atoms with Gasteiger partial charge in [0.1, 0.15) is 13.2 Å². The van der Waals surface area contributed by atoms with Gasteiger partial charge in [0.05, 0.1) is 5.71 Å². The molecule has 0 saturated heterocycles. The number of nitrogens with one attached hydrogen (secondary N) is 3. The summed E-state index contributed by atoms with van der Waals surface area (Å²) in [5.74, 6) is 0. The van der Waals surface area contributed by atoms with Crippen molar-refractivity contribution in [3.8, 4) is 0 Å². The molecule has 0 bridgehead atoms. The van der Waals surface area contributed by atoms with Crippen LogP contribution in [-0.2, 0) is 27.2 Å². The maximum atomic E-state index is 12.7. The number of ether oxygens (including phenoxy) is 2. The van der Waals surface area contributed by atoms with Crippen molar-refractivity contribution in [2.75, 3.05) is 29.2 Å². The second-order valence-corrected chi connectivity index (χ2v) is 11.7. The molecule has 3 aromatic rings. The van der Waals surface area contributed by atoms with Crippen LogP contribution in [0.4, 0.5) is 31.4 Å². The van der Waals surface area contributed by atoms with Crippen molar-refractivity contribution in [1.82, 2.24) is 0 Å². The van der Waals surface area contributed by atoms with Gasteiger partial charge in [-0.3, -0.25) is 20.8 Å². The number of rotatable bonds is 13. The van der Waals surface area contributed by atoms with E-state index in [0.29, 0.717) is 41.2 Å². The Morgan fingerprint density at radius 2 is 1.12 bits per heavy atom. The number of amides is 3. The Morgan fingerprint density at radius 1 is 0.646 bits per heavy atom. The fourth-order valence-corrected chi connectivity index (χ4v) is 4.07. The van der Waals surface area contributed by atoms with Crippen LogP contribution < -0.4 is 16.0 Å². The molecule has 0 aliphatic heterocycles. The van der Waals surface area contributed by atoms with Crippen LogP contribution in [-0.4, -0.2) is 37.2 Å². The Hall–Kier alpha value is -5.64. The zero-order chi connectivity index (χ0) is 35.1. The van der Waals surface area contributed by atoms with Crippen LogP contribution in [0.2, 0.25) is 0 Å². The minimum Gasteiger partial charge on any atom is -0.445 e. The molecule has 0 radical (unpaired) electrons. The van der Waals surface area contributed by atoms with Gasteiger partial charge in [0.15, 0.2) is 0 Å². The van der Waals surface area contributed by atoms with Crippen molar-refractivity contribution in [3.05, 3.63) is 124 Å². The second-order valence-electron chi connectivity index (χ2n) is 11.7. The maximum Gasteiger partial charge on any atom is 0.437 e. The van der Waals surface area contributed by atoms with Gasteiger partial charge in [-0.05, 0) is 125 Å². The third-order valence-corrected chi connectivity index (χ3v) is 6.91. The molecule has 0 unspecified atom stereocenters. The highest BCUT2D eigenvalue weighted by molar-refractivity contribution is 5.97. The van der Waals surface area contributed by atoms with Crippen molar-refractivity contribution in [2.45, 2.75) is 54.4 Å². The molecule has 0 atom stereocenters. The largest absolute Gasteiger partial charge is 0.445 e. The number of allylic oxidation sites excluding steroid dienone is 3. The molecule has 0 heterocycles. The quantitative estimate of drug-likeness (QED) is 0.0731. The second kappa shape index (κ2) is 18.5. The van der Waals surface area contributed by atoms with Crippen molar-refractivity contribution >= 4 is 41.1 Å². The molecular formula is C38H44N4O6. The molecule has 3 aromatic carbocycles. The Morgan fingerprint density at radius 3 is 1.65 bits per heavy atom. The third-order valence-electron chi connectivity index (χ3n) is 6.91. The maximum absolute atomic E-state index is 12.7. The Kier molecular flexibility index (Phi) is 14.2. The highest BCUT2D eigenvalue weighted by atomic mass is 16.7. The van der Waals surface area contributed by atoms with Gasteiger partial charge < -0.3 is 9.47 Å². The van der Waals surface area contributed by atoms with Crippen molar-refractivity contribution in [2.24, 2.45) is 5.16 Å². The van der Waals surface area contributed by atoms with E-state index in [1.165, 1.54) is 0 Å². The SMILES string of the molecule is C=C(C)/C(C)=N\OC(=O)Nc1ccc(Cc2ccc(Cc3ccc(NC(=O)OCC=C(C)C)cc3)c(NC(=O)OCC=C(C)C)c2)cc1. The molecule has 0 fully saturated rings. The number of carbonyl (C=O) groups excluding carboxylic acids is 3. The van der Waals surface area contributed by atoms with E-state index >= 15 is 0 Å². The van der Waals surface area contributed by atoms with Crippen LogP contribution in [0.15, 0.2) is 107 Å². The van der Waals surface area contributed by atoms with Crippen LogP contribution in [0.1, 0.15) is 63.8 Å². The smallest absolute Gasteiger partial charge is 0.437 e. The van der Waals surface area contributed by atoms with Crippen LogP contribution >= 0.6 is 0 Å². The van der Waals surface area contributed by atoms with Gasteiger partial charge in [0.2, 0.25) is 0 Å². The summed E-state index contributed by atoms with van der Waals surface area (Å²) in [6, 6.07) is 20.7. The van der Waals surface area contributed by atoms with Gasteiger partial charge in [-0.2, -0.15) is 0 Å². The highest BCUT2D eigenvalue weighted by Crippen LogP contribution is 2.25. The fourth-order valence-electron chi connectivity index (χ4n) is 4.07. The minimum absolute atomic E-state index is 0.169. The summed E-state index contributed by atoms with van der Waals surface area (Å²) in [5, 5.41) is 12.0. The van der Waals surface area contributed by atoms with Crippen molar-refractivity contribution in [1.29, 1.82) is 0 Å². The lowest BCUT2D eigenvalue weighted by molar-refractivity contribution is 0.166. The molecule has 3 amide bonds. The summed E-state index contributed by atoms with van der Waals surface area (Å²) >= 11 is 0. The number of hydrogen-bond acceptors (Lipinski definition) is 7. The fraction of sp³-hybridized carbons (Fsp3) is 0.263. The Bertz CT molecular complexity index is 1680. The lowest BCUT2D eigenvalue weighted by atomic mass is 9.98. The van der Waals surface area contributed by atoms with Gasteiger partial charge in [0.25, 0.3) is 0 Å². The molecule has 0 spiro atoms. The van der Waals surface area contributed by atoms with Gasteiger partial charge in [-0.25, -0.2) is 14.4 Å². The van der Waals surface area contributed by atoms with Gasteiger partial charge in [-0.1, -0.05) is 59.3 Å². The van der Waals surface area contributed by atoms with Crippen molar-refractivity contribution < 1.29 is 28.7 Å². The Labute approximate surface area is 282 Å². The molecule has 252 valence electrons. The van der Waals surface area contributed by atoms with Gasteiger partial charge in [0, 0.05) is 17.1 Å². The normalized spacial score (nSPS) is 10.7. The first-order chi connectivity index (χ1) is 22.9. The molecular weight excluding hydrogens is 608 g/mol. The van der Waals surface area contributed by atoms with Gasteiger partial charge >= 0.3 is 18.3 Å². The van der Waals surface area contributed by atoms with E-state index in [9.17, 15) is 14.4 Å². The van der Waals surface area contributed by atoms with E-state index in [2.05, 4.69) is 27.7 Å². The highest BCUT2D eigenvalue weighted by Gasteiger charge is 2.12. The zero-order valence-corrected chi connectivity index (χ0v) is 28.4. The van der Waals surface area contributed by atoms with E-state index < -0.39 is 18.3 Å². The summed E-state index contributed by atoms with van der Waals surface area (Å²) in [6.07, 6.45) is 2.99. The van der Waals surface area contributed by atoms with Crippen LogP contribution in [0.25, 0.3) is 0 Å². The van der Waals surface area contributed by atoms with E-state index in [-0.39, 0.29) is 13.2 Å². The number of benzene rings is 3. The van der Waals surface area contributed by atoms with E-state index in [1.54, 1.807) is 38.1 Å². The molecule has 3 rings (SSSR count). The molecule has 0 saturated carbocycles. The number of anilines is 3. The molecule has 0 aliphatic carbocycles. The number of carbonyl (C=O) groups is 3. The average molecular weight is 653 g/mol. The first kappa shape index (κ1) is 36.8. The molecule has 48 heavy (non-hydrogen) atoms. The van der Waals surface area contributed by atoms with Crippen LogP contribution in [0.3, 0.4) is 0 Å². The van der Waals surface area contributed by atoms with E-state index in [4.69, 9.17) is 14.3 Å². The lowest BCUT2D eigenvalue weighted by Crippen LogP contribution is -2.15. The first-order valence-electron chi connectivity index (χ1n) is 15.5. The molecule has 10 nitrogen and oxygen atoms in total. The monoisotopic (exact) mass is 652 g/mol. The minimum atomic E-state index is -0.699. The number of nitrogens with zero attached hydrogens (tertiary/aromatic N) is 1. The molecule has 0 aliphatic rings. The van der Waals surface area contributed by atoms with Crippen LogP contribution in [0, 0.1) is 0 Å². The zero-order valence-electron chi connectivity index (χ0n) is 28.4. The summed E-state index contributed by atoms with van der Waals surface area (Å²) in [5.41, 5.74) is 8.99. The Balaban J connectivity index is 1.71. The predicted octanol–water partition coefficient (Wildman–Crippen LogP) is 9.40. The average Bonchev–Trinajstić information content (AvgIpc) is 3.02. The summed E-state index contributed by atoms with van der Waals surface area (Å²) < 4.78 is 10.5. The number of oxime groups is 1. The van der Waals surface area contributed by atoms with Gasteiger partial charge in [-0.15, -0.1) is 0 Å². The summed E-state index contributed by atoms with van der Waals surface area (Å²) in [4.78, 5) is 41.7. The van der Waals surface area contributed by atoms with Crippen molar-refractivity contribution in [3.63, 3.8) is 0 Å². The lowest BCUT2D eigenvalue weighted by Gasteiger charge is -2.14. The molecule has 3 N–H and O–H groups in total. The predicted molar refractivity (Wildman–Crippen MR) is 192 cm³/mol. The summed E-state index contributed by atoms with van der Waals surface area (Å²) in [7, 11) is 0.